The van der Waals surface area contributed by atoms with E-state index in [1.807, 2.05) is 4.98 Å². The number of carbonyl (C=O) groups excluding carboxylic acids is 1. The molecule has 0 aliphatic heterocycles. The lowest BCUT2D eigenvalue weighted by molar-refractivity contribution is -0.139. The van der Waals surface area contributed by atoms with Gasteiger partial charge in [-0.25, -0.2) is 8.78 Å². The molecule has 0 spiro atoms. The summed E-state index contributed by atoms with van der Waals surface area (Å²) in [6, 6.07) is 2.48. The second-order valence-corrected chi connectivity index (χ2v) is 3.11. The number of H-pyrrole nitrogens is 1. The molecule has 7 heteroatoms. The molecule has 90 valence electrons. The van der Waals surface area contributed by atoms with E-state index in [1.54, 1.807) is 6.07 Å². The van der Waals surface area contributed by atoms with Crippen molar-refractivity contribution in [1.29, 1.82) is 5.26 Å². The maximum absolute atomic E-state index is 12.6. The number of pyridine rings is 1. The average molecular weight is 242 g/mol. The van der Waals surface area contributed by atoms with Gasteiger partial charge in [0.25, 0.3) is 6.43 Å². The van der Waals surface area contributed by atoms with E-state index in [2.05, 4.69) is 4.74 Å². The molecule has 0 aliphatic carbocycles. The van der Waals surface area contributed by atoms with Gasteiger partial charge in [0, 0.05) is 6.07 Å². The highest BCUT2D eigenvalue weighted by molar-refractivity contribution is 5.73. The Labute approximate surface area is 94.6 Å². The van der Waals surface area contributed by atoms with Crippen LogP contribution in [0.5, 0.6) is 0 Å². The number of rotatable bonds is 3. The van der Waals surface area contributed by atoms with Crippen LogP contribution in [0.25, 0.3) is 0 Å². The molecule has 0 fully saturated rings. The molecule has 5 nitrogen and oxygen atoms in total. The Morgan fingerprint density at radius 1 is 1.65 bits per heavy atom. The molecule has 0 aliphatic rings. The van der Waals surface area contributed by atoms with Gasteiger partial charge in [-0.15, -0.1) is 0 Å². The van der Waals surface area contributed by atoms with Crippen LogP contribution in [0.15, 0.2) is 10.9 Å². The number of aromatic amines is 1. The van der Waals surface area contributed by atoms with Crippen molar-refractivity contribution in [3.63, 3.8) is 0 Å². The van der Waals surface area contributed by atoms with Crippen LogP contribution in [0.3, 0.4) is 0 Å². The fraction of sp³-hybridized carbons (Fsp3) is 0.300. The molecule has 0 amide bonds. The van der Waals surface area contributed by atoms with Crippen LogP contribution in [0, 0.1) is 11.3 Å². The zero-order valence-electron chi connectivity index (χ0n) is 8.79. The first kappa shape index (κ1) is 12.8. The number of hydrogen-bond acceptors (Lipinski definition) is 4. The van der Waals surface area contributed by atoms with Crippen molar-refractivity contribution >= 4 is 5.97 Å². The first-order valence-electron chi connectivity index (χ1n) is 4.50. The number of halogens is 2. The summed E-state index contributed by atoms with van der Waals surface area (Å²) in [6.07, 6.45) is -3.39. The number of aromatic nitrogens is 1. The van der Waals surface area contributed by atoms with E-state index in [0.29, 0.717) is 0 Å². The van der Waals surface area contributed by atoms with Crippen molar-refractivity contribution in [2.75, 3.05) is 7.11 Å². The second kappa shape index (κ2) is 5.21. The van der Waals surface area contributed by atoms with Crippen molar-refractivity contribution < 1.29 is 18.3 Å². The van der Waals surface area contributed by atoms with Gasteiger partial charge in [0.05, 0.1) is 19.1 Å². The molecule has 0 bridgehead atoms. The molecule has 0 saturated carbocycles. The summed E-state index contributed by atoms with van der Waals surface area (Å²) >= 11 is 0. The van der Waals surface area contributed by atoms with Crippen LogP contribution in [0.2, 0.25) is 0 Å². The Hall–Kier alpha value is -2.23. The van der Waals surface area contributed by atoms with Gasteiger partial charge < -0.3 is 9.72 Å². The third kappa shape index (κ3) is 2.87. The SMILES string of the molecule is COC(=O)Cc1cc(=O)[nH]c(C(F)F)c1C#N. The average Bonchev–Trinajstić information content (AvgIpc) is 2.28. The van der Waals surface area contributed by atoms with E-state index in [0.717, 1.165) is 13.2 Å². The number of nitriles is 1. The minimum absolute atomic E-state index is 0.0709. The molecule has 0 saturated heterocycles. The second-order valence-electron chi connectivity index (χ2n) is 3.11. The number of nitrogens with zero attached hydrogens (tertiary/aromatic N) is 1. The molecule has 1 N–H and O–H groups in total. The topological polar surface area (TPSA) is 83.0 Å². The standard InChI is InChI=1S/C10H8F2N2O3/c1-17-8(16)3-5-2-7(15)14-9(10(11)12)6(5)4-13/h2,10H,3H2,1H3,(H,14,15). The number of ether oxygens (including phenoxy) is 1. The van der Waals surface area contributed by atoms with E-state index >= 15 is 0 Å². The van der Waals surface area contributed by atoms with Crippen LogP contribution < -0.4 is 5.56 Å². The molecule has 1 aromatic heterocycles. The van der Waals surface area contributed by atoms with E-state index in [-0.39, 0.29) is 5.56 Å². The van der Waals surface area contributed by atoms with Crippen LogP contribution in [-0.4, -0.2) is 18.1 Å². The Bertz CT molecular complexity index is 531. The van der Waals surface area contributed by atoms with Crippen molar-refractivity contribution in [3.8, 4) is 6.07 Å². The Morgan fingerprint density at radius 3 is 2.76 bits per heavy atom. The smallest absolute Gasteiger partial charge is 0.310 e. The van der Waals surface area contributed by atoms with Gasteiger partial charge in [-0.1, -0.05) is 0 Å². The predicted octanol–water partition coefficient (Wildman–Crippen LogP) is 0.900. The third-order valence-electron chi connectivity index (χ3n) is 2.05. The van der Waals surface area contributed by atoms with Gasteiger partial charge in [-0.05, 0) is 5.56 Å². The molecule has 0 unspecified atom stereocenters. The first-order valence-corrected chi connectivity index (χ1v) is 4.50. The number of esters is 1. The molecule has 0 aromatic carbocycles. The summed E-state index contributed by atoms with van der Waals surface area (Å²) in [7, 11) is 1.12. The third-order valence-corrected chi connectivity index (χ3v) is 2.05. The summed E-state index contributed by atoms with van der Waals surface area (Å²) in [5.41, 5.74) is -2.04. The maximum atomic E-state index is 12.6. The van der Waals surface area contributed by atoms with Crippen molar-refractivity contribution in [2.45, 2.75) is 12.8 Å². The first-order chi connectivity index (χ1) is 7.99. The highest BCUT2D eigenvalue weighted by Gasteiger charge is 2.19. The minimum atomic E-state index is -2.99. The normalized spacial score (nSPS) is 10.1. The van der Waals surface area contributed by atoms with Crippen LogP contribution in [0.1, 0.15) is 23.2 Å². The summed E-state index contributed by atoms with van der Waals surface area (Å²) in [5, 5.41) is 8.77. The lowest BCUT2D eigenvalue weighted by Gasteiger charge is -2.07. The summed E-state index contributed by atoms with van der Waals surface area (Å²) in [4.78, 5) is 24.0. The van der Waals surface area contributed by atoms with Crippen LogP contribution >= 0.6 is 0 Å². The number of nitrogens with one attached hydrogen (secondary N) is 1. The fourth-order valence-electron chi connectivity index (χ4n) is 1.30. The van der Waals surface area contributed by atoms with Crippen LogP contribution in [0.4, 0.5) is 8.78 Å². The number of carbonyl (C=O) groups is 1. The zero-order chi connectivity index (χ0) is 13.0. The zero-order valence-corrected chi connectivity index (χ0v) is 8.79. The fourth-order valence-corrected chi connectivity index (χ4v) is 1.30. The van der Waals surface area contributed by atoms with Crippen LogP contribution in [-0.2, 0) is 16.0 Å². The van der Waals surface area contributed by atoms with Crippen molar-refractivity contribution in [3.05, 3.63) is 33.2 Å². The van der Waals surface area contributed by atoms with Gasteiger partial charge >= 0.3 is 5.97 Å². The van der Waals surface area contributed by atoms with Crippen molar-refractivity contribution in [2.24, 2.45) is 0 Å². The maximum Gasteiger partial charge on any atom is 0.310 e. The molecule has 0 atom stereocenters. The lowest BCUT2D eigenvalue weighted by atomic mass is 10.0. The van der Waals surface area contributed by atoms with E-state index in [4.69, 9.17) is 5.26 Å². The molecule has 17 heavy (non-hydrogen) atoms. The van der Waals surface area contributed by atoms with Gasteiger partial charge in [-0.3, -0.25) is 9.59 Å². The van der Waals surface area contributed by atoms with Gasteiger partial charge in [0.2, 0.25) is 5.56 Å². The molecular weight excluding hydrogens is 234 g/mol. The van der Waals surface area contributed by atoms with E-state index < -0.39 is 35.6 Å². The van der Waals surface area contributed by atoms with Crippen molar-refractivity contribution in [1.82, 2.24) is 4.98 Å². The van der Waals surface area contributed by atoms with E-state index in [1.165, 1.54) is 0 Å². The minimum Gasteiger partial charge on any atom is -0.469 e. The summed E-state index contributed by atoms with van der Waals surface area (Å²) in [6.45, 7) is 0. The largest absolute Gasteiger partial charge is 0.469 e. The molecule has 1 rings (SSSR count). The number of hydrogen-bond donors (Lipinski definition) is 1. The molecule has 1 heterocycles. The summed E-state index contributed by atoms with van der Waals surface area (Å²) in [5.74, 6) is -0.715. The Balaban J connectivity index is 3.34. The quantitative estimate of drug-likeness (QED) is 0.798. The summed E-state index contributed by atoms with van der Waals surface area (Å²) < 4.78 is 29.5. The van der Waals surface area contributed by atoms with Gasteiger partial charge in [0.1, 0.15) is 11.8 Å². The molecule has 0 radical (unpaired) electrons. The Morgan fingerprint density at radius 2 is 2.29 bits per heavy atom. The van der Waals surface area contributed by atoms with E-state index in [9.17, 15) is 18.4 Å². The Kier molecular flexibility index (Phi) is 3.93. The molecule has 1 aromatic rings. The highest BCUT2D eigenvalue weighted by atomic mass is 19.3. The number of alkyl halides is 2. The molecular formula is C10H8F2N2O3. The highest BCUT2D eigenvalue weighted by Crippen LogP contribution is 2.21. The predicted molar refractivity (Wildman–Crippen MR) is 52.5 cm³/mol. The lowest BCUT2D eigenvalue weighted by Crippen LogP contribution is -2.16. The number of methoxy groups -OCH3 is 1. The van der Waals surface area contributed by atoms with Gasteiger partial charge in [-0.2, -0.15) is 5.26 Å². The monoisotopic (exact) mass is 242 g/mol. The van der Waals surface area contributed by atoms with Gasteiger partial charge in [0.15, 0.2) is 0 Å².